The fourth-order valence-corrected chi connectivity index (χ4v) is 4.49. The predicted molar refractivity (Wildman–Crippen MR) is 127 cm³/mol. The lowest BCUT2D eigenvalue weighted by atomic mass is 9.98. The molecule has 0 radical (unpaired) electrons. The number of carbonyl (C=O) groups is 1. The van der Waals surface area contributed by atoms with Crippen molar-refractivity contribution >= 4 is 34.2 Å². The van der Waals surface area contributed by atoms with Gasteiger partial charge in [0.25, 0.3) is 0 Å². The number of aryl methyl sites for hydroxylation is 3. The molecule has 156 valence electrons. The summed E-state index contributed by atoms with van der Waals surface area (Å²) in [5.41, 5.74) is 6.22. The van der Waals surface area contributed by atoms with Gasteiger partial charge in [0.2, 0.25) is 0 Å². The Labute approximate surface area is 182 Å². The van der Waals surface area contributed by atoms with Crippen LogP contribution in [0.4, 0.5) is 10.5 Å². The van der Waals surface area contributed by atoms with E-state index in [-0.39, 0.29) is 6.03 Å². The van der Waals surface area contributed by atoms with Crippen LogP contribution in [0.25, 0.3) is 0 Å². The Balaban J connectivity index is 1.47. The molecule has 2 aromatic carbocycles. The van der Waals surface area contributed by atoms with Gasteiger partial charge in [-0.15, -0.1) is 11.8 Å². The van der Waals surface area contributed by atoms with Crippen LogP contribution in [-0.2, 0) is 0 Å². The van der Waals surface area contributed by atoms with Crippen LogP contribution in [-0.4, -0.2) is 46.7 Å². The molecule has 0 saturated carbocycles. The van der Waals surface area contributed by atoms with Crippen LogP contribution in [0.3, 0.4) is 0 Å². The Hall–Kier alpha value is -2.60. The van der Waals surface area contributed by atoms with Crippen molar-refractivity contribution in [3.63, 3.8) is 0 Å². The molecule has 5 nitrogen and oxygen atoms in total. The standard InChI is InChI=1S/C24H28N4OS/c1-16-5-9-20(10-6-16)25-23(29)28-13-11-24(12-14-28)26-21(22(27-24)30-4)19-8-7-17(2)18(3)15-19/h5-10,15H,11-14H2,1-4H3,(H,25,29). The molecule has 2 aromatic rings. The van der Waals surface area contributed by atoms with Crippen LogP contribution >= 0.6 is 11.8 Å². The normalized spacial score (nSPS) is 17.7. The smallest absolute Gasteiger partial charge is 0.321 e. The summed E-state index contributed by atoms with van der Waals surface area (Å²) in [4.78, 5) is 24.6. The van der Waals surface area contributed by atoms with Crippen LogP contribution < -0.4 is 5.32 Å². The highest BCUT2D eigenvalue weighted by molar-refractivity contribution is 8.15. The van der Waals surface area contributed by atoms with Crippen LogP contribution in [0.5, 0.6) is 0 Å². The first kappa shape index (κ1) is 20.7. The number of hydrogen-bond donors (Lipinski definition) is 1. The third-order valence-corrected chi connectivity index (χ3v) is 6.63. The average Bonchev–Trinajstić information content (AvgIpc) is 3.10. The Bertz CT molecular complexity index is 1020. The highest BCUT2D eigenvalue weighted by atomic mass is 32.2. The van der Waals surface area contributed by atoms with Gasteiger partial charge in [-0.3, -0.25) is 4.99 Å². The summed E-state index contributed by atoms with van der Waals surface area (Å²) in [6, 6.07) is 14.3. The predicted octanol–water partition coefficient (Wildman–Crippen LogP) is 5.20. The molecule has 0 aromatic heterocycles. The fraction of sp³-hybridized carbons (Fsp3) is 0.375. The minimum absolute atomic E-state index is 0.0564. The van der Waals surface area contributed by atoms with E-state index in [4.69, 9.17) is 9.98 Å². The summed E-state index contributed by atoms with van der Waals surface area (Å²) in [6.07, 6.45) is 3.54. The lowest BCUT2D eigenvalue weighted by Crippen LogP contribution is -2.46. The number of thioether (sulfide) groups is 1. The second-order valence-electron chi connectivity index (χ2n) is 8.15. The number of amides is 2. The maximum Gasteiger partial charge on any atom is 0.321 e. The van der Waals surface area contributed by atoms with E-state index in [0.717, 1.165) is 34.8 Å². The van der Waals surface area contributed by atoms with Gasteiger partial charge in [0, 0.05) is 37.2 Å². The van der Waals surface area contributed by atoms with Crippen molar-refractivity contribution in [1.29, 1.82) is 0 Å². The highest BCUT2D eigenvalue weighted by Gasteiger charge is 2.40. The summed E-state index contributed by atoms with van der Waals surface area (Å²) in [5.74, 6) is 0. The average molecular weight is 421 g/mol. The van der Waals surface area contributed by atoms with Gasteiger partial charge < -0.3 is 10.2 Å². The van der Waals surface area contributed by atoms with E-state index < -0.39 is 5.66 Å². The molecule has 2 heterocycles. The molecule has 2 aliphatic rings. The first-order valence-electron chi connectivity index (χ1n) is 10.3. The third-order valence-electron chi connectivity index (χ3n) is 5.96. The first-order chi connectivity index (χ1) is 14.4. The van der Waals surface area contributed by atoms with Gasteiger partial charge in [-0.2, -0.15) is 0 Å². The van der Waals surface area contributed by atoms with Crippen molar-refractivity contribution in [2.45, 2.75) is 39.3 Å². The fourth-order valence-electron chi connectivity index (χ4n) is 3.87. The Kier molecular flexibility index (Phi) is 5.69. The first-order valence-corrected chi connectivity index (χ1v) is 11.6. The number of likely N-dealkylation sites (tertiary alicyclic amines) is 1. The van der Waals surface area contributed by atoms with E-state index >= 15 is 0 Å². The zero-order valence-corrected chi connectivity index (χ0v) is 18.8. The third kappa shape index (κ3) is 4.15. The molecule has 2 aliphatic heterocycles. The van der Waals surface area contributed by atoms with Gasteiger partial charge in [0.05, 0.1) is 5.71 Å². The lowest BCUT2D eigenvalue weighted by molar-refractivity contribution is 0.175. The van der Waals surface area contributed by atoms with Gasteiger partial charge in [-0.1, -0.05) is 29.8 Å². The Morgan fingerprint density at radius 2 is 1.70 bits per heavy atom. The van der Waals surface area contributed by atoms with Crippen molar-refractivity contribution in [1.82, 2.24) is 4.90 Å². The minimum Gasteiger partial charge on any atom is -0.324 e. The Morgan fingerprint density at radius 3 is 2.33 bits per heavy atom. The van der Waals surface area contributed by atoms with Gasteiger partial charge in [0.1, 0.15) is 5.04 Å². The summed E-state index contributed by atoms with van der Waals surface area (Å²) in [5, 5.41) is 3.99. The van der Waals surface area contributed by atoms with E-state index in [1.54, 1.807) is 11.8 Å². The molecule has 0 unspecified atom stereocenters. The van der Waals surface area contributed by atoms with Gasteiger partial charge >= 0.3 is 6.03 Å². The number of carbonyl (C=O) groups excluding carboxylic acids is 1. The number of nitrogens with one attached hydrogen (secondary N) is 1. The number of urea groups is 1. The maximum absolute atomic E-state index is 12.7. The van der Waals surface area contributed by atoms with E-state index in [1.807, 2.05) is 36.1 Å². The second-order valence-corrected chi connectivity index (χ2v) is 8.94. The number of rotatable bonds is 2. The van der Waals surface area contributed by atoms with Crippen LogP contribution in [0.1, 0.15) is 35.1 Å². The van der Waals surface area contributed by atoms with Crippen molar-refractivity contribution in [3.05, 3.63) is 64.7 Å². The largest absolute Gasteiger partial charge is 0.324 e. The zero-order valence-electron chi connectivity index (χ0n) is 18.0. The number of aliphatic imine (C=N–C) groups is 2. The quantitative estimate of drug-likeness (QED) is 0.726. The summed E-state index contributed by atoms with van der Waals surface area (Å²) in [7, 11) is 0. The monoisotopic (exact) mass is 420 g/mol. The van der Waals surface area contributed by atoms with Gasteiger partial charge in [-0.25, -0.2) is 9.79 Å². The molecular weight excluding hydrogens is 392 g/mol. The number of benzene rings is 2. The van der Waals surface area contributed by atoms with Gasteiger partial charge in [0.15, 0.2) is 5.66 Å². The molecule has 1 saturated heterocycles. The molecule has 1 fully saturated rings. The number of piperidine rings is 1. The van der Waals surface area contributed by atoms with Crippen molar-refractivity contribution in [3.8, 4) is 0 Å². The molecule has 30 heavy (non-hydrogen) atoms. The van der Waals surface area contributed by atoms with Gasteiger partial charge in [-0.05, 0) is 56.4 Å². The summed E-state index contributed by atoms with van der Waals surface area (Å²) < 4.78 is 0. The molecule has 0 bridgehead atoms. The number of nitrogens with zero attached hydrogens (tertiary/aromatic N) is 3. The topological polar surface area (TPSA) is 57.1 Å². The van der Waals surface area contributed by atoms with Crippen molar-refractivity contribution in [2.75, 3.05) is 24.7 Å². The minimum atomic E-state index is -0.437. The van der Waals surface area contributed by atoms with E-state index in [1.165, 1.54) is 16.7 Å². The molecule has 4 rings (SSSR count). The van der Waals surface area contributed by atoms with E-state index in [2.05, 4.69) is 43.6 Å². The van der Waals surface area contributed by atoms with Crippen LogP contribution in [0.2, 0.25) is 0 Å². The molecule has 2 amide bonds. The lowest BCUT2D eigenvalue weighted by Gasteiger charge is -2.35. The SMILES string of the molecule is CSC1=NC2(CCN(C(=O)Nc3ccc(C)cc3)CC2)N=C1c1ccc(C)c(C)c1. The van der Waals surface area contributed by atoms with Crippen LogP contribution in [0, 0.1) is 20.8 Å². The molecule has 1 spiro atoms. The summed E-state index contributed by atoms with van der Waals surface area (Å²) in [6.45, 7) is 7.58. The molecule has 1 N–H and O–H groups in total. The molecule has 0 aliphatic carbocycles. The number of hydrogen-bond acceptors (Lipinski definition) is 4. The Morgan fingerprint density at radius 1 is 1.00 bits per heavy atom. The van der Waals surface area contributed by atoms with Crippen LogP contribution in [0.15, 0.2) is 52.4 Å². The molecule has 6 heteroatoms. The van der Waals surface area contributed by atoms with Crippen molar-refractivity contribution < 1.29 is 4.79 Å². The maximum atomic E-state index is 12.7. The number of anilines is 1. The van der Waals surface area contributed by atoms with Crippen molar-refractivity contribution in [2.24, 2.45) is 9.98 Å². The second kappa shape index (κ2) is 8.26. The highest BCUT2D eigenvalue weighted by Crippen LogP contribution is 2.35. The molecule has 0 atom stereocenters. The summed E-state index contributed by atoms with van der Waals surface area (Å²) >= 11 is 1.65. The zero-order chi connectivity index (χ0) is 21.3. The van der Waals surface area contributed by atoms with E-state index in [0.29, 0.717) is 13.1 Å². The van der Waals surface area contributed by atoms with E-state index in [9.17, 15) is 4.79 Å². The molecular formula is C24H28N4OS.